The van der Waals surface area contributed by atoms with Gasteiger partial charge in [0.2, 0.25) is 0 Å². The normalized spacial score (nSPS) is 14.9. The van der Waals surface area contributed by atoms with E-state index in [4.69, 9.17) is 8.76 Å². The smallest absolute Gasteiger partial charge is 0.356 e. The summed E-state index contributed by atoms with van der Waals surface area (Å²) < 4.78 is 42.4. The minimum Gasteiger partial charge on any atom is -0.750 e. The van der Waals surface area contributed by atoms with E-state index in [-0.39, 0.29) is 0 Å². The second-order valence-electron chi connectivity index (χ2n) is 0.561. The highest BCUT2D eigenvalue weighted by Gasteiger charge is 1.98. The van der Waals surface area contributed by atoms with Crippen LogP contribution in [0.1, 0.15) is 0 Å². The van der Waals surface area contributed by atoms with Gasteiger partial charge in [0, 0.05) is 0 Å². The van der Waals surface area contributed by atoms with Crippen molar-refractivity contribution >= 4 is 11.4 Å². The zero-order valence-electron chi connectivity index (χ0n) is 2.97. The Kier molecular flexibility index (Phi) is 2.97. The first-order valence-corrected chi connectivity index (χ1v) is 2.17. The summed E-state index contributed by atoms with van der Waals surface area (Å²) in [7, 11) is 0. The second-order valence-corrected chi connectivity index (χ2v) is 1.16. The van der Waals surface area contributed by atoms with Crippen molar-refractivity contribution in [2.75, 3.05) is 0 Å². The lowest BCUT2D eigenvalue weighted by molar-refractivity contribution is -0.0460. The van der Waals surface area contributed by atoms with Crippen LogP contribution in [-0.4, -0.2) is 15.4 Å². The Labute approximate surface area is 40.8 Å². The van der Waals surface area contributed by atoms with Crippen molar-refractivity contribution in [3.05, 3.63) is 0 Å². The van der Waals surface area contributed by atoms with Gasteiger partial charge in [-0.1, -0.05) is 0 Å². The van der Waals surface area contributed by atoms with Crippen LogP contribution in [0.3, 0.4) is 0 Å². The SMILES string of the molecule is O=S([O-])OC(F)F. The van der Waals surface area contributed by atoms with E-state index in [1.54, 1.807) is 0 Å². The van der Waals surface area contributed by atoms with Gasteiger partial charge in [0.1, 0.15) is 0 Å². The fourth-order valence-electron chi connectivity index (χ4n) is 0.0594. The van der Waals surface area contributed by atoms with Gasteiger partial charge in [-0.25, -0.2) is 8.39 Å². The van der Waals surface area contributed by atoms with E-state index in [0.717, 1.165) is 0 Å². The predicted molar refractivity (Wildman–Crippen MR) is 16.0 cm³/mol. The van der Waals surface area contributed by atoms with Crippen molar-refractivity contribution in [3.63, 3.8) is 0 Å². The quantitative estimate of drug-likeness (QED) is 0.496. The summed E-state index contributed by atoms with van der Waals surface area (Å²) in [5, 5.41) is 0. The second kappa shape index (κ2) is 3.00. The standard InChI is InChI=1S/CH2F2O3S/c2-1(3)6-7(4)5/h1H,(H,4,5)/p-1. The van der Waals surface area contributed by atoms with Gasteiger partial charge in [0.25, 0.3) is 0 Å². The fourth-order valence-corrected chi connectivity index (χ4v) is 0.178. The lowest BCUT2D eigenvalue weighted by Crippen LogP contribution is -2.00. The summed E-state index contributed by atoms with van der Waals surface area (Å²) in [4.78, 5) is 0. The highest BCUT2D eigenvalue weighted by atomic mass is 32.2. The maximum atomic E-state index is 10.7. The molecule has 3 nitrogen and oxygen atoms in total. The third kappa shape index (κ3) is 5.93. The van der Waals surface area contributed by atoms with Crippen molar-refractivity contribution in [2.45, 2.75) is 6.61 Å². The van der Waals surface area contributed by atoms with E-state index < -0.39 is 18.0 Å². The Hall–Kier alpha value is -0.0700. The molecule has 0 amide bonds. The number of halogens is 2. The molecule has 0 spiro atoms. The third-order valence-corrected chi connectivity index (χ3v) is 0.454. The Balaban J connectivity index is 3.13. The average molecular weight is 131 g/mol. The molecule has 0 fully saturated rings. The summed E-state index contributed by atoms with van der Waals surface area (Å²) in [6.45, 7) is -3.24. The molecule has 0 aromatic heterocycles. The summed E-state index contributed by atoms with van der Waals surface area (Å²) >= 11 is -3.10. The average Bonchev–Trinajstić information content (AvgIpc) is 1.27. The van der Waals surface area contributed by atoms with Gasteiger partial charge in [-0.05, 0) is 0 Å². The lowest BCUT2D eigenvalue weighted by atomic mass is 11.5. The van der Waals surface area contributed by atoms with Crippen molar-refractivity contribution in [1.29, 1.82) is 0 Å². The van der Waals surface area contributed by atoms with Crippen LogP contribution in [-0.2, 0) is 15.5 Å². The van der Waals surface area contributed by atoms with Crippen LogP contribution < -0.4 is 0 Å². The van der Waals surface area contributed by atoms with Gasteiger partial charge in [0.15, 0.2) is 0 Å². The minimum absolute atomic E-state index is 2.83. The number of rotatable bonds is 2. The van der Waals surface area contributed by atoms with Gasteiger partial charge in [-0.3, -0.25) is 0 Å². The van der Waals surface area contributed by atoms with E-state index in [2.05, 4.69) is 4.18 Å². The van der Waals surface area contributed by atoms with Gasteiger partial charge >= 0.3 is 6.61 Å². The van der Waals surface area contributed by atoms with Crippen LogP contribution in [0.15, 0.2) is 0 Å². The van der Waals surface area contributed by atoms with E-state index in [9.17, 15) is 8.78 Å². The van der Waals surface area contributed by atoms with Crippen LogP contribution >= 0.6 is 0 Å². The van der Waals surface area contributed by atoms with Crippen LogP contribution in [0.2, 0.25) is 0 Å². The summed E-state index contributed by atoms with van der Waals surface area (Å²) in [6, 6.07) is 0. The number of alkyl halides is 2. The highest BCUT2D eigenvalue weighted by Crippen LogP contribution is 1.94. The molecule has 0 aliphatic heterocycles. The Morgan fingerprint density at radius 1 is 1.71 bits per heavy atom. The van der Waals surface area contributed by atoms with Gasteiger partial charge in [-0.15, -0.1) is 0 Å². The molecule has 44 valence electrons. The van der Waals surface area contributed by atoms with Crippen LogP contribution in [0.4, 0.5) is 8.78 Å². The van der Waals surface area contributed by atoms with Crippen LogP contribution in [0, 0.1) is 0 Å². The van der Waals surface area contributed by atoms with Gasteiger partial charge in [0.05, 0.1) is 11.4 Å². The maximum Gasteiger partial charge on any atom is 0.356 e. The molecule has 0 radical (unpaired) electrons. The molecule has 1 atom stereocenters. The monoisotopic (exact) mass is 131 g/mol. The maximum absolute atomic E-state index is 10.7. The molecule has 1 unspecified atom stereocenters. The first kappa shape index (κ1) is 6.93. The molecule has 0 saturated heterocycles. The molecular weight excluding hydrogens is 130 g/mol. The largest absolute Gasteiger partial charge is 0.750 e. The molecule has 0 saturated carbocycles. The topological polar surface area (TPSA) is 49.4 Å². The highest BCUT2D eigenvalue weighted by molar-refractivity contribution is 7.74. The first-order valence-electron chi connectivity index (χ1n) is 1.17. The van der Waals surface area contributed by atoms with E-state index in [1.807, 2.05) is 0 Å². The number of hydrogen-bond donors (Lipinski definition) is 0. The van der Waals surface area contributed by atoms with Crippen molar-refractivity contribution in [1.82, 2.24) is 0 Å². The minimum atomic E-state index is -3.24. The van der Waals surface area contributed by atoms with Crippen molar-refractivity contribution in [3.8, 4) is 0 Å². The molecule has 0 aromatic carbocycles. The fraction of sp³-hybridized carbons (Fsp3) is 1.00. The Morgan fingerprint density at radius 3 is 2.14 bits per heavy atom. The molecule has 0 heterocycles. The van der Waals surface area contributed by atoms with E-state index in [1.165, 1.54) is 0 Å². The van der Waals surface area contributed by atoms with Crippen molar-refractivity contribution in [2.24, 2.45) is 0 Å². The molecule has 0 aliphatic carbocycles. The summed E-state index contributed by atoms with van der Waals surface area (Å²) in [5.74, 6) is 0. The van der Waals surface area contributed by atoms with Crippen LogP contribution in [0.25, 0.3) is 0 Å². The molecule has 0 aliphatic rings. The molecule has 7 heavy (non-hydrogen) atoms. The van der Waals surface area contributed by atoms with Gasteiger partial charge in [-0.2, -0.15) is 8.78 Å². The molecule has 0 aromatic rings. The zero-order chi connectivity index (χ0) is 5.86. The van der Waals surface area contributed by atoms with E-state index in [0.29, 0.717) is 0 Å². The third-order valence-electron chi connectivity index (χ3n) is 0.151. The predicted octanol–water partition coefficient (Wildman–Crippen LogP) is 0.0197. The van der Waals surface area contributed by atoms with Gasteiger partial charge < -0.3 is 4.55 Å². The molecule has 6 heteroatoms. The zero-order valence-corrected chi connectivity index (χ0v) is 3.78. The summed E-state index contributed by atoms with van der Waals surface area (Å²) in [5.41, 5.74) is 0. The van der Waals surface area contributed by atoms with Crippen molar-refractivity contribution < 1.29 is 21.7 Å². The van der Waals surface area contributed by atoms with E-state index >= 15 is 0 Å². The Morgan fingerprint density at radius 2 is 2.14 bits per heavy atom. The summed E-state index contributed by atoms with van der Waals surface area (Å²) in [6.07, 6.45) is 0. The molecule has 0 rings (SSSR count). The van der Waals surface area contributed by atoms with Crippen LogP contribution in [0.5, 0.6) is 0 Å². The first-order chi connectivity index (χ1) is 3.13. The molecule has 0 bridgehead atoms. The Bertz CT molecular complexity index is 73.3. The molecule has 0 N–H and O–H groups in total. The lowest BCUT2D eigenvalue weighted by Gasteiger charge is -2.01. The molecular formula is CHF2O3S-. The number of hydrogen-bond acceptors (Lipinski definition) is 3.